The molecule has 0 unspecified atom stereocenters. The Hall–Kier alpha value is -2.73. The van der Waals surface area contributed by atoms with Gasteiger partial charge in [-0.05, 0) is 42.3 Å². The Kier molecular flexibility index (Phi) is 3.96. The van der Waals surface area contributed by atoms with Crippen LogP contribution in [0, 0.1) is 5.92 Å². The topological polar surface area (TPSA) is 79.9 Å². The molecule has 4 heterocycles. The third-order valence-electron chi connectivity index (χ3n) is 4.40. The summed E-state index contributed by atoms with van der Waals surface area (Å²) in [4.78, 5) is 23.9. The zero-order valence-corrected chi connectivity index (χ0v) is 13.1. The maximum atomic E-state index is 12.5. The summed E-state index contributed by atoms with van der Waals surface area (Å²) in [7, 11) is 0. The average Bonchev–Trinajstić information content (AvgIpc) is 3.24. The van der Waals surface area contributed by atoms with E-state index in [1.54, 1.807) is 18.5 Å². The molecule has 2 N–H and O–H groups in total. The van der Waals surface area contributed by atoms with Gasteiger partial charge in [-0.15, -0.1) is 0 Å². The lowest BCUT2D eigenvalue weighted by Gasteiger charge is -2.19. The van der Waals surface area contributed by atoms with Crippen molar-refractivity contribution >= 4 is 16.9 Å². The Balaban J connectivity index is 1.45. The normalized spacial score (nSPS) is 20.3. The van der Waals surface area contributed by atoms with E-state index in [1.165, 1.54) is 5.56 Å². The average molecular weight is 322 g/mol. The Morgan fingerprint density at radius 1 is 1.21 bits per heavy atom. The smallest absolute Gasteiger partial charge is 0.270 e. The van der Waals surface area contributed by atoms with Crippen LogP contribution in [0.5, 0.6) is 0 Å². The molecular formula is C18H18N4O2. The van der Waals surface area contributed by atoms with Crippen molar-refractivity contribution in [1.82, 2.24) is 20.3 Å². The van der Waals surface area contributed by atoms with Gasteiger partial charge in [-0.25, -0.2) is 4.98 Å². The van der Waals surface area contributed by atoms with Crippen LogP contribution in [-0.4, -0.2) is 40.1 Å². The van der Waals surface area contributed by atoms with Gasteiger partial charge in [0.1, 0.15) is 11.3 Å². The number of nitrogens with one attached hydrogen (secondary N) is 2. The van der Waals surface area contributed by atoms with Crippen LogP contribution in [-0.2, 0) is 11.2 Å². The Morgan fingerprint density at radius 2 is 2.08 bits per heavy atom. The summed E-state index contributed by atoms with van der Waals surface area (Å²) in [6.45, 7) is 1.18. The van der Waals surface area contributed by atoms with E-state index in [-0.39, 0.29) is 17.9 Å². The third-order valence-corrected chi connectivity index (χ3v) is 4.40. The number of carbonyl (C=O) groups excluding carboxylic acids is 1. The SMILES string of the molecule is O=C(N[C@H]1COC[C@H]1Cc1ccncc1)c1ccc2cc[nH]c2n1. The second kappa shape index (κ2) is 6.41. The minimum atomic E-state index is -0.165. The summed E-state index contributed by atoms with van der Waals surface area (Å²) in [5.74, 6) is 0.0901. The van der Waals surface area contributed by atoms with Gasteiger partial charge < -0.3 is 15.0 Å². The molecule has 1 aliphatic rings. The summed E-state index contributed by atoms with van der Waals surface area (Å²) < 4.78 is 5.58. The van der Waals surface area contributed by atoms with Gasteiger partial charge in [0, 0.05) is 29.9 Å². The maximum Gasteiger partial charge on any atom is 0.270 e. The van der Waals surface area contributed by atoms with E-state index < -0.39 is 0 Å². The number of aromatic nitrogens is 3. The number of hydrogen-bond donors (Lipinski definition) is 2. The number of ether oxygens (including phenoxy) is 1. The van der Waals surface area contributed by atoms with Gasteiger partial charge in [-0.1, -0.05) is 0 Å². The molecule has 1 amide bonds. The van der Waals surface area contributed by atoms with Gasteiger partial charge in [-0.3, -0.25) is 9.78 Å². The zero-order valence-electron chi connectivity index (χ0n) is 13.1. The fourth-order valence-corrected chi connectivity index (χ4v) is 3.08. The second-order valence-corrected chi connectivity index (χ2v) is 6.05. The molecule has 0 bridgehead atoms. The minimum Gasteiger partial charge on any atom is -0.379 e. The molecule has 1 saturated heterocycles. The highest BCUT2D eigenvalue weighted by molar-refractivity contribution is 5.94. The van der Waals surface area contributed by atoms with Gasteiger partial charge in [0.2, 0.25) is 0 Å². The molecule has 3 aromatic heterocycles. The number of aromatic amines is 1. The largest absolute Gasteiger partial charge is 0.379 e. The second-order valence-electron chi connectivity index (χ2n) is 6.05. The molecule has 3 aromatic rings. The molecule has 6 heteroatoms. The summed E-state index contributed by atoms with van der Waals surface area (Å²) in [5, 5.41) is 4.06. The van der Waals surface area contributed by atoms with E-state index in [9.17, 15) is 4.79 Å². The number of nitrogens with zero attached hydrogens (tertiary/aromatic N) is 2. The summed E-state index contributed by atoms with van der Waals surface area (Å²) in [6, 6.07) is 9.56. The molecule has 4 rings (SSSR count). The monoisotopic (exact) mass is 322 g/mol. The van der Waals surface area contributed by atoms with Crippen molar-refractivity contribution in [3.05, 3.63) is 60.2 Å². The van der Waals surface area contributed by atoms with Crippen molar-refractivity contribution in [2.75, 3.05) is 13.2 Å². The standard InChI is InChI=1S/C18H18N4O2/c23-18(15-2-1-13-5-8-20-17(13)21-15)22-16-11-24-10-14(16)9-12-3-6-19-7-4-12/h1-8,14,16H,9-11H2,(H,20,21)(H,22,23)/t14-,16+/m1/s1. The van der Waals surface area contributed by atoms with Crippen LogP contribution in [0.4, 0.5) is 0 Å². The van der Waals surface area contributed by atoms with Gasteiger partial charge >= 0.3 is 0 Å². The van der Waals surface area contributed by atoms with Crippen molar-refractivity contribution in [2.45, 2.75) is 12.5 Å². The van der Waals surface area contributed by atoms with Crippen LogP contribution in [0.2, 0.25) is 0 Å². The minimum absolute atomic E-state index is 0.00759. The van der Waals surface area contributed by atoms with E-state index in [0.29, 0.717) is 18.9 Å². The number of rotatable bonds is 4. The number of amides is 1. The van der Waals surface area contributed by atoms with E-state index in [1.807, 2.05) is 30.5 Å². The lowest BCUT2D eigenvalue weighted by molar-refractivity contribution is 0.0920. The highest BCUT2D eigenvalue weighted by atomic mass is 16.5. The Labute approximate surface area is 139 Å². The van der Waals surface area contributed by atoms with Gasteiger partial charge in [0.15, 0.2) is 0 Å². The molecule has 0 aliphatic carbocycles. The first-order chi connectivity index (χ1) is 11.8. The summed E-state index contributed by atoms with van der Waals surface area (Å²) in [6.07, 6.45) is 6.24. The number of carbonyl (C=O) groups is 1. The third kappa shape index (κ3) is 3.00. The molecule has 24 heavy (non-hydrogen) atoms. The van der Waals surface area contributed by atoms with Crippen LogP contribution in [0.15, 0.2) is 48.9 Å². The van der Waals surface area contributed by atoms with E-state index in [0.717, 1.165) is 17.5 Å². The molecule has 0 saturated carbocycles. The number of hydrogen-bond acceptors (Lipinski definition) is 4. The first-order valence-electron chi connectivity index (χ1n) is 8.01. The predicted octanol–water partition coefficient (Wildman–Crippen LogP) is 1.95. The lowest BCUT2D eigenvalue weighted by Crippen LogP contribution is -2.40. The van der Waals surface area contributed by atoms with Crippen molar-refractivity contribution < 1.29 is 9.53 Å². The highest BCUT2D eigenvalue weighted by Gasteiger charge is 2.30. The van der Waals surface area contributed by atoms with Crippen LogP contribution in [0.25, 0.3) is 11.0 Å². The van der Waals surface area contributed by atoms with Crippen LogP contribution in [0.3, 0.4) is 0 Å². The molecule has 1 aliphatic heterocycles. The molecule has 0 spiro atoms. The molecular weight excluding hydrogens is 304 g/mol. The van der Waals surface area contributed by atoms with Gasteiger partial charge in [0.05, 0.1) is 19.3 Å². The molecule has 1 fully saturated rings. The van der Waals surface area contributed by atoms with E-state index in [4.69, 9.17) is 4.74 Å². The first-order valence-corrected chi connectivity index (χ1v) is 8.01. The molecule has 0 aromatic carbocycles. The summed E-state index contributed by atoms with van der Waals surface area (Å²) in [5.41, 5.74) is 2.34. The predicted molar refractivity (Wildman–Crippen MR) is 89.6 cm³/mol. The lowest BCUT2D eigenvalue weighted by atomic mass is 9.95. The number of fused-ring (bicyclic) bond motifs is 1. The molecule has 122 valence electrons. The molecule has 0 radical (unpaired) electrons. The van der Waals surface area contributed by atoms with Crippen molar-refractivity contribution in [1.29, 1.82) is 0 Å². The van der Waals surface area contributed by atoms with Crippen molar-refractivity contribution in [3.63, 3.8) is 0 Å². The van der Waals surface area contributed by atoms with Crippen LogP contribution >= 0.6 is 0 Å². The quantitative estimate of drug-likeness (QED) is 0.769. The van der Waals surface area contributed by atoms with Gasteiger partial charge in [0.25, 0.3) is 5.91 Å². The Bertz CT molecular complexity index is 846. The van der Waals surface area contributed by atoms with Crippen LogP contribution in [0.1, 0.15) is 16.1 Å². The first kappa shape index (κ1) is 14.8. The molecule has 6 nitrogen and oxygen atoms in total. The fourth-order valence-electron chi connectivity index (χ4n) is 3.08. The van der Waals surface area contributed by atoms with Crippen molar-refractivity contribution in [3.8, 4) is 0 Å². The number of pyridine rings is 2. The summed E-state index contributed by atoms with van der Waals surface area (Å²) >= 11 is 0. The van der Waals surface area contributed by atoms with E-state index >= 15 is 0 Å². The Morgan fingerprint density at radius 3 is 2.96 bits per heavy atom. The fraction of sp³-hybridized carbons (Fsp3) is 0.278. The highest BCUT2D eigenvalue weighted by Crippen LogP contribution is 2.19. The van der Waals surface area contributed by atoms with E-state index in [2.05, 4.69) is 20.3 Å². The van der Waals surface area contributed by atoms with Gasteiger partial charge in [-0.2, -0.15) is 0 Å². The van der Waals surface area contributed by atoms with Crippen molar-refractivity contribution in [2.24, 2.45) is 5.92 Å². The maximum absolute atomic E-state index is 12.5. The molecule has 2 atom stereocenters. The zero-order chi connectivity index (χ0) is 16.4. The number of H-pyrrole nitrogens is 1. The van der Waals surface area contributed by atoms with Crippen LogP contribution < -0.4 is 5.32 Å².